The molecule has 3 heterocycles. The Kier molecular flexibility index (Phi) is 6.99. The molecule has 0 aliphatic carbocycles. The van der Waals surface area contributed by atoms with Crippen molar-refractivity contribution >= 4 is 17.7 Å². The number of carbonyl (C=O) groups excluding carboxylic acids is 3. The Morgan fingerprint density at radius 1 is 1.26 bits per heavy atom. The van der Waals surface area contributed by atoms with Crippen molar-refractivity contribution in [3.8, 4) is 0 Å². The van der Waals surface area contributed by atoms with Gasteiger partial charge in [0.15, 0.2) is 0 Å². The molecule has 35 heavy (non-hydrogen) atoms. The summed E-state index contributed by atoms with van der Waals surface area (Å²) in [5.74, 6) is -2.30. The lowest BCUT2D eigenvalue weighted by atomic mass is 9.62. The molecule has 8 nitrogen and oxygen atoms in total. The average molecular weight is 486 g/mol. The van der Waals surface area contributed by atoms with Crippen LogP contribution in [0.1, 0.15) is 52.5 Å². The molecule has 4 unspecified atom stereocenters. The Balaban J connectivity index is 1.79. The molecule has 1 aromatic rings. The van der Waals surface area contributed by atoms with Crippen LogP contribution in [0.25, 0.3) is 0 Å². The number of fused-ring (bicyclic) bond motifs is 1. The van der Waals surface area contributed by atoms with Gasteiger partial charge in [-0.3, -0.25) is 14.4 Å². The normalized spacial score (nSPS) is 35.0. The summed E-state index contributed by atoms with van der Waals surface area (Å²) in [7, 11) is 1.56. The first-order valence-corrected chi connectivity index (χ1v) is 12.8. The number of ether oxygens (including phenoxy) is 1. The Hall–Kier alpha value is -2.45. The van der Waals surface area contributed by atoms with Gasteiger partial charge in [0, 0.05) is 13.1 Å². The van der Waals surface area contributed by atoms with E-state index in [1.165, 1.54) is 0 Å². The standard InChI is InChI=1S/C27H39N3O5/c1-6-10-17(3)29-24(33)22-27-14-16(2)26(4,35-27)20(23(32)28-5)21(27)25(34)30(22)19(15-31)13-18-11-8-7-9-12-18/h7-9,11-12,16-17,19-22,31H,6,10,13-15H2,1-5H3,(H,28,32)(H,29,33)/t16?,17?,19-,20+,21+,22?,26-,27?/m1/s1. The fraction of sp³-hybridized carbons (Fsp3) is 0.667. The molecule has 2 bridgehead atoms. The van der Waals surface area contributed by atoms with Crippen LogP contribution in [0.3, 0.4) is 0 Å². The van der Waals surface area contributed by atoms with Crippen molar-refractivity contribution in [2.24, 2.45) is 17.8 Å². The zero-order valence-corrected chi connectivity index (χ0v) is 21.4. The topological polar surface area (TPSA) is 108 Å². The molecule has 3 aliphatic heterocycles. The van der Waals surface area contributed by atoms with E-state index in [1.807, 2.05) is 51.1 Å². The Morgan fingerprint density at radius 3 is 2.54 bits per heavy atom. The number of likely N-dealkylation sites (tertiary alicyclic amines) is 1. The van der Waals surface area contributed by atoms with E-state index in [0.29, 0.717) is 12.8 Å². The molecule has 1 aromatic carbocycles. The van der Waals surface area contributed by atoms with Crippen molar-refractivity contribution in [1.82, 2.24) is 15.5 Å². The van der Waals surface area contributed by atoms with Crippen LogP contribution >= 0.6 is 0 Å². The number of rotatable bonds is 9. The van der Waals surface area contributed by atoms with Crippen molar-refractivity contribution in [3.63, 3.8) is 0 Å². The van der Waals surface area contributed by atoms with Gasteiger partial charge in [-0.1, -0.05) is 50.6 Å². The summed E-state index contributed by atoms with van der Waals surface area (Å²) >= 11 is 0. The molecule has 3 amide bonds. The molecule has 192 valence electrons. The van der Waals surface area contributed by atoms with E-state index in [-0.39, 0.29) is 36.3 Å². The molecule has 3 fully saturated rings. The predicted octanol–water partition coefficient (Wildman–Crippen LogP) is 1.65. The van der Waals surface area contributed by atoms with Crippen molar-refractivity contribution in [2.45, 2.75) is 82.7 Å². The van der Waals surface area contributed by atoms with Crippen LogP contribution in [0.2, 0.25) is 0 Å². The maximum absolute atomic E-state index is 14.1. The first-order chi connectivity index (χ1) is 16.6. The summed E-state index contributed by atoms with van der Waals surface area (Å²) in [4.78, 5) is 42.7. The number of nitrogens with one attached hydrogen (secondary N) is 2. The molecule has 3 aliphatic rings. The van der Waals surface area contributed by atoms with Gasteiger partial charge in [-0.15, -0.1) is 0 Å². The van der Waals surface area contributed by atoms with Gasteiger partial charge in [0.1, 0.15) is 11.6 Å². The Bertz CT molecular complexity index is 971. The molecule has 4 rings (SSSR count). The van der Waals surface area contributed by atoms with Gasteiger partial charge in [0.25, 0.3) is 0 Å². The van der Waals surface area contributed by atoms with Gasteiger partial charge in [-0.2, -0.15) is 0 Å². The largest absolute Gasteiger partial charge is 0.394 e. The second-order valence-electron chi connectivity index (χ2n) is 10.8. The van der Waals surface area contributed by atoms with Crippen LogP contribution in [0.5, 0.6) is 0 Å². The maximum Gasteiger partial charge on any atom is 0.246 e. The second kappa shape index (κ2) is 9.54. The molecule has 1 spiro atoms. The minimum Gasteiger partial charge on any atom is -0.394 e. The second-order valence-corrected chi connectivity index (χ2v) is 10.8. The van der Waals surface area contributed by atoms with Crippen LogP contribution in [0, 0.1) is 17.8 Å². The number of benzene rings is 1. The Morgan fingerprint density at radius 2 is 1.94 bits per heavy atom. The number of nitrogens with zero attached hydrogens (tertiary/aromatic N) is 1. The smallest absolute Gasteiger partial charge is 0.246 e. The third-order valence-electron chi connectivity index (χ3n) is 8.56. The van der Waals surface area contributed by atoms with E-state index in [2.05, 4.69) is 17.6 Å². The maximum atomic E-state index is 14.1. The van der Waals surface area contributed by atoms with E-state index in [1.54, 1.807) is 11.9 Å². The molecule has 8 atom stereocenters. The molecule has 0 aromatic heterocycles. The highest BCUT2D eigenvalue weighted by Crippen LogP contribution is 2.65. The fourth-order valence-corrected chi connectivity index (χ4v) is 6.89. The minimum absolute atomic E-state index is 0.0149. The quantitative estimate of drug-likeness (QED) is 0.493. The first kappa shape index (κ1) is 25.6. The van der Waals surface area contributed by atoms with Gasteiger partial charge in [-0.05, 0) is 44.6 Å². The van der Waals surface area contributed by atoms with Gasteiger partial charge >= 0.3 is 0 Å². The number of aliphatic hydroxyl groups excluding tert-OH is 1. The fourth-order valence-electron chi connectivity index (χ4n) is 6.89. The van der Waals surface area contributed by atoms with E-state index in [4.69, 9.17) is 4.74 Å². The summed E-state index contributed by atoms with van der Waals surface area (Å²) < 4.78 is 6.67. The lowest BCUT2D eigenvalue weighted by Gasteiger charge is -2.37. The zero-order chi connectivity index (χ0) is 25.5. The number of amides is 3. The molecular weight excluding hydrogens is 446 g/mol. The van der Waals surface area contributed by atoms with Crippen LogP contribution in [0.15, 0.2) is 30.3 Å². The number of carbonyl (C=O) groups is 3. The van der Waals surface area contributed by atoms with Crippen molar-refractivity contribution in [3.05, 3.63) is 35.9 Å². The van der Waals surface area contributed by atoms with Gasteiger partial charge in [0.2, 0.25) is 17.7 Å². The lowest BCUT2D eigenvalue weighted by molar-refractivity contribution is -0.151. The molecule has 0 saturated carbocycles. The number of hydrogen-bond acceptors (Lipinski definition) is 5. The summed E-state index contributed by atoms with van der Waals surface area (Å²) in [5.41, 5.74) is -0.989. The highest BCUT2D eigenvalue weighted by Gasteiger charge is 2.80. The molecular formula is C27H39N3O5. The van der Waals surface area contributed by atoms with Gasteiger partial charge in [0.05, 0.1) is 30.1 Å². The van der Waals surface area contributed by atoms with Crippen molar-refractivity contribution < 1.29 is 24.2 Å². The summed E-state index contributed by atoms with van der Waals surface area (Å²) in [5, 5.41) is 16.3. The molecule has 3 saturated heterocycles. The summed E-state index contributed by atoms with van der Waals surface area (Å²) in [6.45, 7) is 7.63. The SMILES string of the molecule is CCCC(C)NC(=O)C1N([C@@H](CO)Cc2ccccc2)C(=O)[C@@H]2[C@@H](C(=O)NC)[C@]3(C)OC12CC3C. The number of hydrogen-bond donors (Lipinski definition) is 3. The van der Waals surface area contributed by atoms with Gasteiger partial charge < -0.3 is 25.4 Å². The predicted molar refractivity (Wildman–Crippen MR) is 131 cm³/mol. The average Bonchev–Trinajstić information content (AvgIpc) is 3.34. The Labute approximate surface area is 207 Å². The third kappa shape index (κ3) is 3.95. The van der Waals surface area contributed by atoms with E-state index in [0.717, 1.165) is 18.4 Å². The molecule has 3 N–H and O–H groups in total. The minimum atomic E-state index is -1.11. The summed E-state index contributed by atoms with van der Waals surface area (Å²) in [6.07, 6.45) is 2.64. The van der Waals surface area contributed by atoms with Crippen molar-refractivity contribution in [1.29, 1.82) is 0 Å². The van der Waals surface area contributed by atoms with Crippen LogP contribution in [-0.2, 0) is 25.5 Å². The first-order valence-electron chi connectivity index (χ1n) is 12.8. The summed E-state index contributed by atoms with van der Waals surface area (Å²) in [6, 6.07) is 8.03. The lowest BCUT2D eigenvalue weighted by Crippen LogP contribution is -2.59. The van der Waals surface area contributed by atoms with E-state index < -0.39 is 35.1 Å². The highest BCUT2D eigenvalue weighted by molar-refractivity contribution is 5.99. The zero-order valence-electron chi connectivity index (χ0n) is 21.4. The molecule has 0 radical (unpaired) electrons. The van der Waals surface area contributed by atoms with Crippen molar-refractivity contribution in [2.75, 3.05) is 13.7 Å². The third-order valence-corrected chi connectivity index (χ3v) is 8.56. The van der Waals surface area contributed by atoms with Gasteiger partial charge in [-0.25, -0.2) is 0 Å². The highest BCUT2D eigenvalue weighted by atomic mass is 16.5. The van der Waals surface area contributed by atoms with E-state index in [9.17, 15) is 19.5 Å². The monoisotopic (exact) mass is 485 g/mol. The number of aliphatic hydroxyl groups is 1. The van der Waals surface area contributed by atoms with Crippen LogP contribution < -0.4 is 10.6 Å². The molecule has 8 heteroatoms. The van der Waals surface area contributed by atoms with Crippen LogP contribution in [0.4, 0.5) is 0 Å². The van der Waals surface area contributed by atoms with Crippen LogP contribution in [-0.4, -0.2) is 70.7 Å². The van der Waals surface area contributed by atoms with E-state index >= 15 is 0 Å².